The molecule has 0 bridgehead atoms. The van der Waals surface area contributed by atoms with Crippen LogP contribution in [0.4, 0.5) is 9.59 Å². The van der Waals surface area contributed by atoms with Crippen LogP contribution in [0.1, 0.15) is 0 Å². The molecule has 0 spiro atoms. The molecule has 2 amide bonds. The third-order valence-electron chi connectivity index (χ3n) is 4.73. The largest absolute Gasteiger partial charge is 0.548 e. The van der Waals surface area contributed by atoms with Gasteiger partial charge in [0.05, 0.1) is 5.97 Å². The lowest BCUT2D eigenvalue weighted by molar-refractivity contribution is -0.782. The standard InChI is InChI=1S/C13H9NO16/c15-3(16)11(4(17)18)1-2-14(9(27)28,10(29)30)13(7(23)24,8(25)26)12(11,5(19)20)6(21)22/h1-2H,(H7-,15,16,17,18,19,20,21,22,23,24,25,26,27,28,29,30). The fraction of sp³-hybridized carbons (Fsp3) is 0.231. The Labute approximate surface area is 161 Å². The highest BCUT2D eigenvalue weighted by molar-refractivity contribution is 6.24. The van der Waals surface area contributed by atoms with E-state index >= 15 is 0 Å². The first-order valence-electron chi connectivity index (χ1n) is 6.95. The number of amides is 2. The Kier molecular flexibility index (Phi) is 5.10. The van der Waals surface area contributed by atoms with Crippen LogP contribution in [0.3, 0.4) is 0 Å². The summed E-state index contributed by atoms with van der Waals surface area (Å²) < 4.78 is -3.58. The Morgan fingerprint density at radius 2 is 1.00 bits per heavy atom. The molecule has 1 heterocycles. The van der Waals surface area contributed by atoms with Gasteiger partial charge in [0, 0.05) is 0 Å². The smallest absolute Gasteiger partial charge is 0.530 e. The van der Waals surface area contributed by atoms with E-state index in [9.17, 15) is 79.2 Å². The predicted molar refractivity (Wildman–Crippen MR) is 76.2 cm³/mol. The molecule has 0 aromatic rings. The van der Waals surface area contributed by atoms with Crippen LogP contribution in [0.25, 0.3) is 0 Å². The summed E-state index contributed by atoms with van der Waals surface area (Å²) in [4.78, 5) is 94.9. The lowest BCUT2D eigenvalue weighted by Crippen LogP contribution is -2.88. The van der Waals surface area contributed by atoms with E-state index in [0.717, 1.165) is 0 Å². The molecule has 0 aromatic carbocycles. The van der Waals surface area contributed by atoms with Crippen LogP contribution < -0.4 is 5.11 Å². The Morgan fingerprint density at radius 1 is 0.633 bits per heavy atom. The molecule has 17 nitrogen and oxygen atoms in total. The van der Waals surface area contributed by atoms with Crippen LogP contribution in [0, 0.1) is 10.8 Å². The second-order valence-electron chi connectivity index (χ2n) is 5.69. The van der Waals surface area contributed by atoms with E-state index in [1.165, 1.54) is 0 Å². The first kappa shape index (κ1) is 23.5. The van der Waals surface area contributed by atoms with Crippen LogP contribution in [-0.2, 0) is 28.8 Å². The zero-order valence-corrected chi connectivity index (χ0v) is 13.9. The average Bonchev–Trinajstić information content (AvgIpc) is 2.57. The minimum absolute atomic E-state index is 0.570. The summed E-state index contributed by atoms with van der Waals surface area (Å²) >= 11 is 0. The van der Waals surface area contributed by atoms with E-state index < -0.39 is 81.1 Å². The van der Waals surface area contributed by atoms with E-state index in [-0.39, 0.29) is 0 Å². The maximum absolute atomic E-state index is 12.0. The number of hydrogen-bond acceptors (Lipinski definition) is 9. The molecule has 7 N–H and O–H groups in total. The lowest BCUT2D eigenvalue weighted by atomic mass is 9.50. The first-order chi connectivity index (χ1) is 13.5. The molecule has 1 atom stereocenters. The number of carbonyl (C=O) groups excluding carboxylic acids is 1. The number of nitrogens with zero attached hydrogens (tertiary/aromatic N) is 1. The first-order valence-corrected chi connectivity index (χ1v) is 6.95. The highest BCUT2D eigenvalue weighted by Crippen LogP contribution is 2.58. The number of quaternary nitrogens is 1. The van der Waals surface area contributed by atoms with Crippen molar-refractivity contribution in [2.75, 3.05) is 0 Å². The summed E-state index contributed by atoms with van der Waals surface area (Å²) in [5.41, 5.74) is -15.0. The molecular weight excluding hydrogens is 426 g/mol. The van der Waals surface area contributed by atoms with Crippen LogP contribution in [0.2, 0.25) is 0 Å². The molecule has 30 heavy (non-hydrogen) atoms. The van der Waals surface area contributed by atoms with Crippen molar-refractivity contribution in [3.63, 3.8) is 0 Å². The minimum Gasteiger partial charge on any atom is -0.548 e. The molecule has 0 aromatic heterocycles. The Morgan fingerprint density at radius 3 is 1.20 bits per heavy atom. The third-order valence-corrected chi connectivity index (χ3v) is 4.73. The Bertz CT molecular complexity index is 824. The van der Waals surface area contributed by atoms with Crippen molar-refractivity contribution in [1.82, 2.24) is 0 Å². The van der Waals surface area contributed by atoms with Crippen molar-refractivity contribution in [1.29, 1.82) is 0 Å². The summed E-state index contributed by atoms with van der Waals surface area (Å²) in [6, 6.07) is 0. The van der Waals surface area contributed by atoms with Gasteiger partial charge in [-0.2, -0.15) is 9.59 Å². The third kappa shape index (κ3) is 1.97. The average molecular weight is 435 g/mol. The quantitative estimate of drug-likeness (QED) is 0.158. The number of rotatable bonds is 6. The van der Waals surface area contributed by atoms with E-state index in [1.54, 1.807) is 0 Å². The van der Waals surface area contributed by atoms with Crippen LogP contribution in [-0.4, -0.2) is 93.8 Å². The molecule has 1 unspecified atom stereocenters. The van der Waals surface area contributed by atoms with Gasteiger partial charge in [-0.25, -0.2) is 9.59 Å². The van der Waals surface area contributed by atoms with Crippen molar-refractivity contribution < 1.29 is 83.7 Å². The number of carboxylic acid groups (broad SMARTS) is 8. The number of imide groups is 1. The van der Waals surface area contributed by atoms with E-state index in [0.29, 0.717) is 0 Å². The van der Waals surface area contributed by atoms with Crippen LogP contribution in [0.15, 0.2) is 12.3 Å². The van der Waals surface area contributed by atoms with Gasteiger partial charge in [0.25, 0.3) is 5.41 Å². The number of hydrogen-bond donors (Lipinski definition) is 7. The summed E-state index contributed by atoms with van der Waals surface area (Å²) in [5, 5.41) is 77.8. The summed E-state index contributed by atoms with van der Waals surface area (Å²) in [5.74, 6) is -19.4. The molecule has 162 valence electrons. The van der Waals surface area contributed by atoms with Crippen molar-refractivity contribution >= 4 is 48.0 Å². The fourth-order valence-corrected chi connectivity index (χ4v) is 3.50. The van der Waals surface area contributed by atoms with Crippen LogP contribution in [0.5, 0.6) is 0 Å². The monoisotopic (exact) mass is 435 g/mol. The molecular formula is C13H9NO16. The Hall–Kier alpha value is -4.54. The zero-order chi connectivity index (χ0) is 24.0. The summed E-state index contributed by atoms with van der Waals surface area (Å²) in [7, 11) is 0. The molecule has 1 aliphatic heterocycles. The predicted octanol–water partition coefficient (Wildman–Crippen LogP) is -3.43. The van der Waals surface area contributed by atoms with Crippen LogP contribution >= 0.6 is 0 Å². The van der Waals surface area contributed by atoms with Gasteiger partial charge in [-0.1, -0.05) is 4.48 Å². The lowest BCUT2D eigenvalue weighted by Gasteiger charge is -2.52. The van der Waals surface area contributed by atoms with E-state index in [2.05, 4.69) is 0 Å². The molecule has 0 saturated heterocycles. The molecule has 1 rings (SSSR count). The SMILES string of the molecule is O=C([O-])C1(C(=O)O)C=C[N+](C(=O)O)(C(=O)O)C(C(=O)O)(C(=O)O)C1(C(=O)O)C(=O)O. The number of aliphatic carboxylic acids is 6. The molecule has 0 aliphatic carbocycles. The summed E-state index contributed by atoms with van der Waals surface area (Å²) in [6.45, 7) is 0. The van der Waals surface area contributed by atoms with Gasteiger partial charge < -0.3 is 45.6 Å². The van der Waals surface area contributed by atoms with Gasteiger partial charge in [-0.3, -0.25) is 14.4 Å². The fourth-order valence-electron chi connectivity index (χ4n) is 3.50. The molecule has 0 saturated carbocycles. The van der Waals surface area contributed by atoms with Crippen molar-refractivity contribution in [2.45, 2.75) is 5.54 Å². The van der Waals surface area contributed by atoms with Gasteiger partial charge in [0.2, 0.25) is 0 Å². The Balaban J connectivity index is 4.87. The second kappa shape index (κ2) is 6.51. The molecule has 0 fully saturated rings. The minimum atomic E-state index is -5.23. The topological polar surface area (TPSA) is 301 Å². The maximum atomic E-state index is 12.0. The molecule has 1 aliphatic rings. The van der Waals surface area contributed by atoms with Gasteiger partial charge in [0.1, 0.15) is 6.20 Å². The zero-order valence-electron chi connectivity index (χ0n) is 13.9. The highest BCUT2D eigenvalue weighted by Gasteiger charge is 2.94. The van der Waals surface area contributed by atoms with Crippen molar-refractivity contribution in [3.8, 4) is 0 Å². The van der Waals surface area contributed by atoms with Gasteiger partial charge >= 0.3 is 47.6 Å². The highest BCUT2D eigenvalue weighted by atomic mass is 16.5. The van der Waals surface area contributed by atoms with Crippen molar-refractivity contribution in [3.05, 3.63) is 12.3 Å². The van der Waals surface area contributed by atoms with Gasteiger partial charge in [0.15, 0.2) is 5.41 Å². The molecule has 0 radical (unpaired) electrons. The maximum Gasteiger partial charge on any atom is 0.530 e. The van der Waals surface area contributed by atoms with E-state index in [4.69, 9.17) is 0 Å². The van der Waals surface area contributed by atoms with Crippen molar-refractivity contribution in [2.24, 2.45) is 10.8 Å². The van der Waals surface area contributed by atoms with Gasteiger partial charge in [-0.15, -0.1) is 0 Å². The van der Waals surface area contributed by atoms with E-state index in [1.807, 2.05) is 0 Å². The summed E-state index contributed by atoms with van der Waals surface area (Å²) in [6.07, 6.45) is -7.17. The second-order valence-corrected chi connectivity index (χ2v) is 5.69. The molecule has 17 heteroatoms. The normalized spacial score (nSPS) is 22.9. The van der Waals surface area contributed by atoms with Gasteiger partial charge in [-0.05, 0) is 6.08 Å². The number of carboxylic acids is 6. The number of carbonyl (C=O) groups is 8.